The SMILES string of the molecule is O=CCCCCCC1(CC2CC2)OCCO1. The van der Waals surface area contributed by atoms with Crippen LogP contribution in [0.1, 0.15) is 51.4 Å². The van der Waals surface area contributed by atoms with Gasteiger partial charge in [-0.2, -0.15) is 0 Å². The van der Waals surface area contributed by atoms with Gasteiger partial charge in [-0.3, -0.25) is 0 Å². The van der Waals surface area contributed by atoms with E-state index in [9.17, 15) is 4.79 Å². The molecule has 1 heterocycles. The molecular weight excluding hydrogens is 204 g/mol. The first kappa shape index (κ1) is 12.1. The third-order valence-electron chi connectivity index (χ3n) is 3.49. The van der Waals surface area contributed by atoms with Gasteiger partial charge in [-0.15, -0.1) is 0 Å². The minimum atomic E-state index is -0.262. The van der Waals surface area contributed by atoms with Crippen LogP contribution in [0.25, 0.3) is 0 Å². The highest BCUT2D eigenvalue weighted by Crippen LogP contribution is 2.42. The summed E-state index contributed by atoms with van der Waals surface area (Å²) in [5.74, 6) is 0.579. The van der Waals surface area contributed by atoms with E-state index in [2.05, 4.69) is 0 Å². The monoisotopic (exact) mass is 226 g/mol. The van der Waals surface area contributed by atoms with E-state index in [-0.39, 0.29) is 5.79 Å². The molecule has 1 saturated carbocycles. The topological polar surface area (TPSA) is 35.5 Å². The zero-order valence-corrected chi connectivity index (χ0v) is 9.95. The summed E-state index contributed by atoms with van der Waals surface area (Å²) in [5, 5.41) is 0. The summed E-state index contributed by atoms with van der Waals surface area (Å²) in [5.41, 5.74) is 0. The molecule has 1 aliphatic heterocycles. The molecule has 1 aliphatic carbocycles. The van der Waals surface area contributed by atoms with Crippen molar-refractivity contribution in [2.75, 3.05) is 13.2 Å². The van der Waals surface area contributed by atoms with Crippen LogP contribution in [0.4, 0.5) is 0 Å². The van der Waals surface area contributed by atoms with E-state index >= 15 is 0 Å². The standard InChI is InChI=1S/C13H22O3/c14-8-4-2-1-3-7-13(11-12-5-6-12)15-9-10-16-13/h8,12H,1-7,9-11H2. The molecule has 0 aromatic rings. The number of carbonyl (C=O) groups is 1. The molecule has 3 heteroatoms. The Labute approximate surface area is 97.5 Å². The molecule has 0 aromatic heterocycles. The zero-order valence-electron chi connectivity index (χ0n) is 9.95. The van der Waals surface area contributed by atoms with Gasteiger partial charge in [-0.05, 0) is 31.6 Å². The van der Waals surface area contributed by atoms with Gasteiger partial charge in [0.05, 0.1) is 13.2 Å². The zero-order chi connectivity index (χ0) is 11.3. The van der Waals surface area contributed by atoms with Crippen LogP contribution in [0.3, 0.4) is 0 Å². The molecule has 3 nitrogen and oxygen atoms in total. The van der Waals surface area contributed by atoms with Crippen molar-refractivity contribution in [1.82, 2.24) is 0 Å². The average Bonchev–Trinajstić information content (AvgIpc) is 2.96. The Kier molecular flexibility index (Phi) is 4.36. The number of hydrogen-bond acceptors (Lipinski definition) is 3. The van der Waals surface area contributed by atoms with Gasteiger partial charge in [0, 0.05) is 19.3 Å². The molecule has 0 unspecified atom stereocenters. The normalized spacial score (nSPS) is 23.5. The van der Waals surface area contributed by atoms with E-state index in [1.54, 1.807) is 0 Å². The first-order valence-corrected chi connectivity index (χ1v) is 6.56. The van der Waals surface area contributed by atoms with Crippen molar-refractivity contribution in [3.8, 4) is 0 Å². The molecular formula is C13H22O3. The van der Waals surface area contributed by atoms with E-state index in [0.717, 1.165) is 57.5 Å². The molecule has 0 atom stereocenters. The predicted molar refractivity (Wildman–Crippen MR) is 61.1 cm³/mol. The summed E-state index contributed by atoms with van der Waals surface area (Å²) in [6.45, 7) is 1.50. The van der Waals surface area contributed by atoms with Crippen molar-refractivity contribution in [3.05, 3.63) is 0 Å². The van der Waals surface area contributed by atoms with Crippen LogP contribution in [-0.4, -0.2) is 25.3 Å². The molecule has 0 amide bonds. The summed E-state index contributed by atoms with van der Waals surface area (Å²) in [4.78, 5) is 10.2. The van der Waals surface area contributed by atoms with Crippen LogP contribution < -0.4 is 0 Å². The van der Waals surface area contributed by atoms with Crippen LogP contribution in [0, 0.1) is 5.92 Å². The van der Waals surface area contributed by atoms with E-state index in [1.807, 2.05) is 0 Å². The minimum Gasteiger partial charge on any atom is -0.348 e. The Morgan fingerprint density at radius 3 is 2.50 bits per heavy atom. The largest absolute Gasteiger partial charge is 0.348 e. The lowest BCUT2D eigenvalue weighted by Gasteiger charge is -2.27. The average molecular weight is 226 g/mol. The quantitative estimate of drug-likeness (QED) is 0.471. The lowest BCUT2D eigenvalue weighted by Crippen LogP contribution is -2.30. The second-order valence-electron chi connectivity index (χ2n) is 5.02. The Bertz CT molecular complexity index is 217. The molecule has 0 bridgehead atoms. The van der Waals surface area contributed by atoms with Gasteiger partial charge < -0.3 is 14.3 Å². The van der Waals surface area contributed by atoms with Crippen molar-refractivity contribution < 1.29 is 14.3 Å². The molecule has 0 radical (unpaired) electrons. The highest BCUT2D eigenvalue weighted by molar-refractivity contribution is 5.48. The fourth-order valence-corrected chi connectivity index (χ4v) is 2.42. The molecule has 2 rings (SSSR count). The summed E-state index contributed by atoms with van der Waals surface area (Å²) >= 11 is 0. The number of ether oxygens (including phenoxy) is 2. The second-order valence-corrected chi connectivity index (χ2v) is 5.02. The van der Waals surface area contributed by atoms with Gasteiger partial charge in [0.25, 0.3) is 0 Å². The Hall–Kier alpha value is -0.410. The van der Waals surface area contributed by atoms with Crippen molar-refractivity contribution in [2.45, 2.75) is 57.2 Å². The first-order valence-electron chi connectivity index (χ1n) is 6.56. The molecule has 1 saturated heterocycles. The van der Waals surface area contributed by atoms with Crippen LogP contribution in [0.2, 0.25) is 0 Å². The van der Waals surface area contributed by atoms with Gasteiger partial charge in [0.1, 0.15) is 6.29 Å². The van der Waals surface area contributed by atoms with Gasteiger partial charge in [0.2, 0.25) is 0 Å². The molecule has 92 valence electrons. The van der Waals surface area contributed by atoms with E-state index in [0.29, 0.717) is 6.42 Å². The maximum Gasteiger partial charge on any atom is 0.168 e. The molecule has 2 aliphatic rings. The van der Waals surface area contributed by atoms with Crippen molar-refractivity contribution >= 4 is 6.29 Å². The van der Waals surface area contributed by atoms with Gasteiger partial charge in [-0.25, -0.2) is 0 Å². The summed E-state index contributed by atoms with van der Waals surface area (Å²) in [6.07, 6.45) is 9.70. The number of aldehydes is 1. The summed E-state index contributed by atoms with van der Waals surface area (Å²) in [7, 11) is 0. The highest BCUT2D eigenvalue weighted by Gasteiger charge is 2.41. The first-order chi connectivity index (χ1) is 7.85. The number of hydrogen-bond donors (Lipinski definition) is 0. The second kappa shape index (κ2) is 5.78. The summed E-state index contributed by atoms with van der Waals surface area (Å²) < 4.78 is 11.6. The third-order valence-corrected chi connectivity index (χ3v) is 3.49. The Morgan fingerprint density at radius 2 is 1.88 bits per heavy atom. The fourth-order valence-electron chi connectivity index (χ4n) is 2.42. The third kappa shape index (κ3) is 3.56. The van der Waals surface area contributed by atoms with Crippen molar-refractivity contribution in [1.29, 1.82) is 0 Å². The van der Waals surface area contributed by atoms with Crippen LogP contribution in [-0.2, 0) is 14.3 Å². The lowest BCUT2D eigenvalue weighted by molar-refractivity contribution is -0.170. The van der Waals surface area contributed by atoms with E-state index < -0.39 is 0 Å². The Morgan fingerprint density at radius 1 is 1.12 bits per heavy atom. The lowest BCUT2D eigenvalue weighted by atomic mass is 10.0. The number of unbranched alkanes of at least 4 members (excludes halogenated alkanes) is 3. The maximum absolute atomic E-state index is 10.2. The number of rotatable bonds is 8. The molecule has 2 fully saturated rings. The molecule has 0 spiro atoms. The maximum atomic E-state index is 10.2. The minimum absolute atomic E-state index is 0.262. The van der Waals surface area contributed by atoms with Crippen LogP contribution in [0.5, 0.6) is 0 Å². The molecule has 16 heavy (non-hydrogen) atoms. The van der Waals surface area contributed by atoms with Crippen molar-refractivity contribution in [3.63, 3.8) is 0 Å². The van der Waals surface area contributed by atoms with Gasteiger partial charge >= 0.3 is 0 Å². The Balaban J connectivity index is 1.67. The van der Waals surface area contributed by atoms with Crippen LogP contribution >= 0.6 is 0 Å². The molecule has 0 aromatic carbocycles. The predicted octanol–water partition coefficient (Wildman–Crippen LogP) is 2.68. The number of carbonyl (C=O) groups excluding carboxylic acids is 1. The highest BCUT2D eigenvalue weighted by atomic mass is 16.7. The fraction of sp³-hybridized carbons (Fsp3) is 0.923. The van der Waals surface area contributed by atoms with Crippen molar-refractivity contribution in [2.24, 2.45) is 5.92 Å². The van der Waals surface area contributed by atoms with E-state index in [1.165, 1.54) is 12.8 Å². The van der Waals surface area contributed by atoms with Gasteiger partial charge in [-0.1, -0.05) is 6.42 Å². The molecule has 0 N–H and O–H groups in total. The van der Waals surface area contributed by atoms with E-state index in [4.69, 9.17) is 9.47 Å². The van der Waals surface area contributed by atoms with Gasteiger partial charge in [0.15, 0.2) is 5.79 Å². The summed E-state index contributed by atoms with van der Waals surface area (Å²) in [6, 6.07) is 0. The smallest absolute Gasteiger partial charge is 0.168 e. The van der Waals surface area contributed by atoms with Crippen LogP contribution in [0.15, 0.2) is 0 Å².